The Morgan fingerprint density at radius 3 is 2.34 bits per heavy atom. The van der Waals surface area contributed by atoms with E-state index in [0.29, 0.717) is 36.6 Å². The van der Waals surface area contributed by atoms with E-state index in [-0.39, 0.29) is 17.9 Å². The molecule has 3 rings (SSSR count). The predicted octanol–water partition coefficient (Wildman–Crippen LogP) is 3.19. The van der Waals surface area contributed by atoms with Crippen molar-refractivity contribution >= 4 is 17.5 Å². The first-order chi connectivity index (χ1) is 14.0. The maximum atomic E-state index is 12.9. The molecule has 2 aromatic rings. The van der Waals surface area contributed by atoms with Gasteiger partial charge in [-0.3, -0.25) is 9.59 Å². The van der Waals surface area contributed by atoms with E-state index in [1.807, 2.05) is 73.3 Å². The summed E-state index contributed by atoms with van der Waals surface area (Å²) in [7, 11) is 3.94. The average Bonchev–Trinajstić information content (AvgIpc) is 2.74. The quantitative estimate of drug-likeness (QED) is 0.816. The SMILES string of the molecule is CCOc1ccccc1C(=O)N1CCC(NC(=O)c2ccc(N(C)C)cc2)CC1. The number of hydrogen-bond acceptors (Lipinski definition) is 4. The van der Waals surface area contributed by atoms with Gasteiger partial charge in [-0.2, -0.15) is 0 Å². The van der Waals surface area contributed by atoms with E-state index in [1.165, 1.54) is 0 Å². The first kappa shape index (κ1) is 20.7. The Hall–Kier alpha value is -3.02. The van der Waals surface area contributed by atoms with Crippen LogP contribution in [0, 0.1) is 0 Å². The van der Waals surface area contributed by atoms with Crippen molar-refractivity contribution in [2.45, 2.75) is 25.8 Å². The topological polar surface area (TPSA) is 61.9 Å². The average molecular weight is 396 g/mol. The van der Waals surface area contributed by atoms with Crippen LogP contribution < -0.4 is 15.0 Å². The molecule has 1 heterocycles. The smallest absolute Gasteiger partial charge is 0.257 e. The van der Waals surface area contributed by atoms with Crippen LogP contribution in [0.2, 0.25) is 0 Å². The lowest BCUT2D eigenvalue weighted by molar-refractivity contribution is 0.0694. The zero-order valence-corrected chi connectivity index (χ0v) is 17.4. The summed E-state index contributed by atoms with van der Waals surface area (Å²) in [6.07, 6.45) is 1.48. The largest absolute Gasteiger partial charge is 0.493 e. The Balaban J connectivity index is 1.55. The molecule has 0 spiro atoms. The summed E-state index contributed by atoms with van der Waals surface area (Å²) in [6, 6.07) is 15.0. The minimum absolute atomic E-state index is 0.0156. The molecule has 0 bridgehead atoms. The van der Waals surface area contributed by atoms with E-state index in [9.17, 15) is 9.59 Å². The van der Waals surface area contributed by atoms with Crippen LogP contribution >= 0.6 is 0 Å². The zero-order valence-electron chi connectivity index (χ0n) is 17.4. The Morgan fingerprint density at radius 1 is 1.07 bits per heavy atom. The van der Waals surface area contributed by atoms with Gasteiger partial charge in [-0.25, -0.2) is 0 Å². The van der Waals surface area contributed by atoms with Crippen LogP contribution in [0.3, 0.4) is 0 Å². The fraction of sp³-hybridized carbons (Fsp3) is 0.391. The van der Waals surface area contributed by atoms with E-state index in [2.05, 4.69) is 5.32 Å². The Kier molecular flexibility index (Phi) is 6.75. The molecule has 1 fully saturated rings. The molecule has 2 amide bonds. The van der Waals surface area contributed by atoms with E-state index >= 15 is 0 Å². The molecule has 2 aromatic carbocycles. The number of carbonyl (C=O) groups is 2. The van der Waals surface area contributed by atoms with Crippen molar-refractivity contribution in [2.24, 2.45) is 0 Å². The van der Waals surface area contributed by atoms with Crippen molar-refractivity contribution in [2.75, 3.05) is 38.7 Å². The first-order valence-corrected chi connectivity index (χ1v) is 10.1. The lowest BCUT2D eigenvalue weighted by Gasteiger charge is -2.32. The van der Waals surface area contributed by atoms with Gasteiger partial charge in [0.15, 0.2) is 0 Å². The molecule has 0 radical (unpaired) electrons. The maximum Gasteiger partial charge on any atom is 0.257 e. The van der Waals surface area contributed by atoms with E-state index in [1.54, 1.807) is 6.07 Å². The Labute approximate surface area is 172 Å². The van der Waals surface area contributed by atoms with Gasteiger partial charge in [-0.1, -0.05) is 12.1 Å². The highest BCUT2D eigenvalue weighted by Crippen LogP contribution is 2.22. The van der Waals surface area contributed by atoms with E-state index in [4.69, 9.17) is 4.74 Å². The van der Waals surface area contributed by atoms with Gasteiger partial charge in [-0.05, 0) is 56.2 Å². The van der Waals surface area contributed by atoms with Crippen LogP contribution in [0.25, 0.3) is 0 Å². The van der Waals surface area contributed by atoms with Crippen molar-refractivity contribution in [3.05, 3.63) is 59.7 Å². The summed E-state index contributed by atoms with van der Waals surface area (Å²) < 4.78 is 5.59. The number of nitrogens with zero attached hydrogens (tertiary/aromatic N) is 2. The van der Waals surface area contributed by atoms with Crippen LogP contribution in [-0.2, 0) is 0 Å². The standard InChI is InChI=1S/C23H29N3O3/c1-4-29-21-8-6-5-7-20(21)23(28)26-15-13-18(14-16-26)24-22(27)17-9-11-19(12-10-17)25(2)3/h5-12,18H,4,13-16H2,1-3H3,(H,24,27). The number of nitrogens with one attached hydrogen (secondary N) is 1. The van der Waals surface area contributed by atoms with Gasteiger partial charge >= 0.3 is 0 Å². The van der Waals surface area contributed by atoms with Crippen molar-refractivity contribution in [1.29, 1.82) is 0 Å². The molecule has 0 saturated carbocycles. The third kappa shape index (κ3) is 5.08. The summed E-state index contributed by atoms with van der Waals surface area (Å²) >= 11 is 0. The number of hydrogen-bond donors (Lipinski definition) is 1. The highest BCUT2D eigenvalue weighted by atomic mass is 16.5. The number of anilines is 1. The summed E-state index contributed by atoms with van der Waals surface area (Å²) in [6.45, 7) is 3.66. The minimum atomic E-state index is -0.0678. The molecule has 1 saturated heterocycles. The molecular formula is C23H29N3O3. The van der Waals surface area contributed by atoms with Gasteiger partial charge in [-0.15, -0.1) is 0 Å². The lowest BCUT2D eigenvalue weighted by Crippen LogP contribution is -2.46. The molecule has 0 aromatic heterocycles. The van der Waals surface area contributed by atoms with Gasteiger partial charge < -0.3 is 19.9 Å². The lowest BCUT2D eigenvalue weighted by atomic mass is 10.0. The number of likely N-dealkylation sites (tertiary alicyclic amines) is 1. The van der Waals surface area contributed by atoms with Crippen molar-refractivity contribution in [3.63, 3.8) is 0 Å². The number of rotatable bonds is 6. The summed E-state index contributed by atoms with van der Waals surface area (Å²) in [5.74, 6) is 0.538. The molecule has 0 unspecified atom stereocenters. The summed E-state index contributed by atoms with van der Waals surface area (Å²) in [4.78, 5) is 29.3. The van der Waals surface area contributed by atoms with Crippen LogP contribution in [0.5, 0.6) is 5.75 Å². The van der Waals surface area contributed by atoms with Crippen LogP contribution in [0.4, 0.5) is 5.69 Å². The van der Waals surface area contributed by atoms with Crippen molar-refractivity contribution in [3.8, 4) is 5.75 Å². The Bertz CT molecular complexity index is 841. The van der Waals surface area contributed by atoms with Gasteiger partial charge in [0, 0.05) is 44.5 Å². The number of ether oxygens (including phenoxy) is 1. The van der Waals surface area contributed by atoms with Gasteiger partial charge in [0.25, 0.3) is 11.8 Å². The van der Waals surface area contributed by atoms with Crippen molar-refractivity contribution in [1.82, 2.24) is 10.2 Å². The number of benzene rings is 2. The number of para-hydroxylation sites is 1. The minimum Gasteiger partial charge on any atom is -0.493 e. The fourth-order valence-electron chi connectivity index (χ4n) is 3.50. The van der Waals surface area contributed by atoms with Crippen molar-refractivity contribution < 1.29 is 14.3 Å². The van der Waals surface area contributed by atoms with Crippen LogP contribution in [0.15, 0.2) is 48.5 Å². The molecule has 6 heteroatoms. The van der Waals surface area contributed by atoms with Crippen LogP contribution in [-0.4, -0.2) is 56.5 Å². The fourth-order valence-corrected chi connectivity index (χ4v) is 3.50. The number of amides is 2. The molecule has 1 aliphatic rings. The molecule has 1 N–H and O–H groups in total. The van der Waals surface area contributed by atoms with Gasteiger partial charge in [0.1, 0.15) is 5.75 Å². The highest BCUT2D eigenvalue weighted by Gasteiger charge is 2.26. The van der Waals surface area contributed by atoms with E-state index in [0.717, 1.165) is 18.5 Å². The monoisotopic (exact) mass is 395 g/mol. The summed E-state index contributed by atoms with van der Waals surface area (Å²) in [5.41, 5.74) is 2.30. The number of carbonyl (C=O) groups excluding carboxylic acids is 2. The molecule has 1 aliphatic heterocycles. The Morgan fingerprint density at radius 2 is 1.72 bits per heavy atom. The second-order valence-electron chi connectivity index (χ2n) is 7.41. The molecule has 0 aliphatic carbocycles. The molecule has 29 heavy (non-hydrogen) atoms. The zero-order chi connectivity index (χ0) is 20.8. The highest BCUT2D eigenvalue weighted by molar-refractivity contribution is 5.97. The predicted molar refractivity (Wildman–Crippen MR) is 115 cm³/mol. The second kappa shape index (κ2) is 9.45. The summed E-state index contributed by atoms with van der Waals surface area (Å²) in [5, 5.41) is 3.10. The normalized spacial score (nSPS) is 14.4. The first-order valence-electron chi connectivity index (χ1n) is 10.1. The van der Waals surface area contributed by atoms with E-state index < -0.39 is 0 Å². The van der Waals surface area contributed by atoms with Crippen LogP contribution in [0.1, 0.15) is 40.5 Å². The maximum absolute atomic E-state index is 12.9. The molecule has 0 atom stereocenters. The third-order valence-corrected chi connectivity index (χ3v) is 5.18. The van der Waals surface area contributed by atoms with Gasteiger partial charge in [0.2, 0.25) is 0 Å². The number of piperidine rings is 1. The second-order valence-corrected chi connectivity index (χ2v) is 7.41. The van der Waals surface area contributed by atoms with Gasteiger partial charge in [0.05, 0.1) is 12.2 Å². The molecule has 154 valence electrons. The molecular weight excluding hydrogens is 366 g/mol. The third-order valence-electron chi connectivity index (χ3n) is 5.18. The molecule has 6 nitrogen and oxygen atoms in total.